The van der Waals surface area contributed by atoms with Crippen LogP contribution in [0.1, 0.15) is 63.5 Å². The summed E-state index contributed by atoms with van der Waals surface area (Å²) in [6.07, 6.45) is 8.50. The number of rotatable bonds is 6. The van der Waals surface area contributed by atoms with E-state index < -0.39 is 5.41 Å². The molecule has 1 N–H and O–H groups in total. The topological polar surface area (TPSA) is 36.8 Å². The highest BCUT2D eigenvalue weighted by atomic mass is 32.2. The average molecular weight is 812 g/mol. The molecule has 4 aliphatic rings. The number of hydrogen-bond acceptors (Lipinski definition) is 4. The van der Waals surface area contributed by atoms with Crippen LogP contribution in [0.2, 0.25) is 0 Å². The van der Waals surface area contributed by atoms with Crippen molar-refractivity contribution in [3.05, 3.63) is 257 Å². The molecule has 8 aromatic carbocycles. The van der Waals surface area contributed by atoms with Gasteiger partial charge in [-0.05, 0) is 109 Å². The Morgan fingerprint density at radius 2 is 1.11 bits per heavy atom. The van der Waals surface area contributed by atoms with Crippen LogP contribution in [0.4, 0.5) is 0 Å². The molecule has 4 heteroatoms. The molecule has 2 heterocycles. The van der Waals surface area contributed by atoms with Gasteiger partial charge in [-0.1, -0.05) is 200 Å². The molecule has 2 aliphatic carbocycles. The normalized spacial score (nSPS) is 16.5. The van der Waals surface area contributed by atoms with E-state index in [1.54, 1.807) is 0 Å². The van der Waals surface area contributed by atoms with Crippen LogP contribution in [0.3, 0.4) is 0 Å². The minimum absolute atomic E-state index is 0.263. The maximum absolute atomic E-state index is 5.16. The minimum atomic E-state index is -0.404. The predicted molar refractivity (Wildman–Crippen MR) is 257 cm³/mol. The standard InChI is InChI=1S/C58H41N3S/c1-4-16-39(17-5-1)45-34-32-44(57-60-55(41-18-6-2-7-19-41)59-56(61-57)42-20-8-3-9-21-42)36-48(45)40-30-28-38(29-31-40)43-33-35-54-52(37-43)58(51-26-14-15-27-53(51)62-54)49-24-12-10-22-46(49)47-23-11-13-25-50(47)58/h1-4,6-16,18-37,55H,5,17H2,(H,59,60,61). The van der Waals surface area contributed by atoms with E-state index in [-0.39, 0.29) is 6.17 Å². The van der Waals surface area contributed by atoms with E-state index in [9.17, 15) is 0 Å². The van der Waals surface area contributed by atoms with Gasteiger partial charge in [-0.2, -0.15) is 0 Å². The number of fused-ring (bicyclic) bond motifs is 9. The lowest BCUT2D eigenvalue weighted by Crippen LogP contribution is -2.33. The van der Waals surface area contributed by atoms with Crippen LogP contribution >= 0.6 is 11.8 Å². The number of allylic oxidation sites excluding steroid dienone is 4. The van der Waals surface area contributed by atoms with Gasteiger partial charge < -0.3 is 5.32 Å². The Labute approximate surface area is 367 Å². The Balaban J connectivity index is 0.963. The highest BCUT2D eigenvalue weighted by Crippen LogP contribution is 2.62. The van der Waals surface area contributed by atoms with Gasteiger partial charge in [0.25, 0.3) is 0 Å². The molecule has 1 unspecified atom stereocenters. The number of nitrogens with zero attached hydrogens (tertiary/aromatic N) is 2. The lowest BCUT2D eigenvalue weighted by Gasteiger charge is -2.40. The van der Waals surface area contributed by atoms with Crippen molar-refractivity contribution in [1.29, 1.82) is 0 Å². The quantitative estimate of drug-likeness (QED) is 0.182. The molecular formula is C58H41N3S. The summed E-state index contributed by atoms with van der Waals surface area (Å²) in [5, 5.41) is 3.69. The summed E-state index contributed by atoms with van der Waals surface area (Å²) in [6, 6.07) is 70.9. The molecule has 0 amide bonds. The molecule has 62 heavy (non-hydrogen) atoms. The van der Waals surface area contributed by atoms with Crippen LogP contribution < -0.4 is 5.32 Å². The molecule has 2 aliphatic heterocycles. The predicted octanol–water partition coefficient (Wildman–Crippen LogP) is 14.1. The highest BCUT2D eigenvalue weighted by molar-refractivity contribution is 7.99. The molecule has 0 aromatic heterocycles. The molecule has 0 saturated carbocycles. The molecule has 0 bridgehead atoms. The molecule has 3 nitrogen and oxygen atoms in total. The Morgan fingerprint density at radius 1 is 0.484 bits per heavy atom. The average Bonchev–Trinajstić information content (AvgIpc) is 3.65. The minimum Gasteiger partial charge on any atom is -0.344 e. The zero-order valence-electron chi connectivity index (χ0n) is 34.0. The van der Waals surface area contributed by atoms with Crippen molar-refractivity contribution in [3.63, 3.8) is 0 Å². The fraction of sp³-hybridized carbons (Fsp3) is 0.0690. The zero-order valence-corrected chi connectivity index (χ0v) is 34.8. The highest BCUT2D eigenvalue weighted by Gasteiger charge is 2.50. The van der Waals surface area contributed by atoms with Gasteiger partial charge in [0.1, 0.15) is 12.0 Å². The van der Waals surface area contributed by atoms with Crippen molar-refractivity contribution < 1.29 is 0 Å². The van der Waals surface area contributed by atoms with Gasteiger partial charge in [0.15, 0.2) is 5.84 Å². The first-order valence-corrected chi connectivity index (χ1v) is 22.3. The summed E-state index contributed by atoms with van der Waals surface area (Å²) in [5.41, 5.74) is 18.1. The second-order valence-electron chi connectivity index (χ2n) is 16.4. The summed E-state index contributed by atoms with van der Waals surface area (Å²) in [5.74, 6) is 1.54. The third-order valence-electron chi connectivity index (χ3n) is 12.9. The van der Waals surface area contributed by atoms with Crippen LogP contribution in [0.5, 0.6) is 0 Å². The molecule has 0 saturated heterocycles. The Morgan fingerprint density at radius 3 is 1.85 bits per heavy atom. The SMILES string of the molecule is C1=CCCC(c2ccc(C3=NC(c4ccccc4)=NC(c4ccccc4)N3)cc2-c2ccc(-c3ccc4c(c3)C3(c5ccccc5S4)c4ccccc4-c4ccccc43)cc2)=C1. The third kappa shape index (κ3) is 5.97. The van der Waals surface area contributed by atoms with Crippen LogP contribution in [0.15, 0.2) is 232 Å². The van der Waals surface area contributed by atoms with E-state index in [1.807, 2.05) is 36.0 Å². The Bertz CT molecular complexity index is 3130. The van der Waals surface area contributed by atoms with Crippen LogP contribution in [-0.4, -0.2) is 11.7 Å². The summed E-state index contributed by atoms with van der Waals surface area (Å²) < 4.78 is 0. The van der Waals surface area contributed by atoms with Gasteiger partial charge in [-0.3, -0.25) is 0 Å². The molecular weight excluding hydrogens is 771 g/mol. The molecule has 12 rings (SSSR count). The first kappa shape index (κ1) is 36.6. The number of benzene rings is 8. The Kier molecular flexibility index (Phi) is 8.86. The van der Waals surface area contributed by atoms with Crippen molar-refractivity contribution in [3.8, 4) is 33.4 Å². The third-order valence-corrected chi connectivity index (χ3v) is 14.1. The lowest BCUT2D eigenvalue weighted by atomic mass is 9.67. The van der Waals surface area contributed by atoms with Crippen molar-refractivity contribution in [2.45, 2.75) is 34.2 Å². The number of hydrogen-bond donors (Lipinski definition) is 1. The van der Waals surface area contributed by atoms with Gasteiger partial charge in [-0.15, -0.1) is 0 Å². The number of aliphatic imine (C=N–C) groups is 2. The van der Waals surface area contributed by atoms with Gasteiger partial charge in [-0.25, -0.2) is 9.98 Å². The van der Waals surface area contributed by atoms with E-state index >= 15 is 0 Å². The molecule has 1 spiro atoms. The summed E-state index contributed by atoms with van der Waals surface area (Å²) in [7, 11) is 0. The van der Waals surface area contributed by atoms with Gasteiger partial charge in [0, 0.05) is 20.9 Å². The summed E-state index contributed by atoms with van der Waals surface area (Å²) >= 11 is 1.89. The summed E-state index contributed by atoms with van der Waals surface area (Å²) in [6.45, 7) is 0. The fourth-order valence-corrected chi connectivity index (χ4v) is 11.2. The largest absolute Gasteiger partial charge is 0.344 e. The van der Waals surface area contributed by atoms with E-state index in [0.717, 1.165) is 41.2 Å². The van der Waals surface area contributed by atoms with E-state index in [1.165, 1.54) is 76.6 Å². The smallest absolute Gasteiger partial charge is 0.159 e. The van der Waals surface area contributed by atoms with Gasteiger partial charge in [0.05, 0.1) is 5.41 Å². The van der Waals surface area contributed by atoms with Crippen molar-refractivity contribution in [1.82, 2.24) is 5.32 Å². The molecule has 294 valence electrons. The molecule has 0 radical (unpaired) electrons. The van der Waals surface area contributed by atoms with E-state index in [0.29, 0.717) is 0 Å². The molecule has 8 aromatic rings. The second-order valence-corrected chi connectivity index (χ2v) is 17.5. The van der Waals surface area contributed by atoms with Crippen LogP contribution in [-0.2, 0) is 5.41 Å². The first-order valence-electron chi connectivity index (χ1n) is 21.5. The van der Waals surface area contributed by atoms with Crippen molar-refractivity contribution in [2.75, 3.05) is 0 Å². The lowest BCUT2D eigenvalue weighted by molar-refractivity contribution is 0.674. The summed E-state index contributed by atoms with van der Waals surface area (Å²) in [4.78, 5) is 12.9. The van der Waals surface area contributed by atoms with E-state index in [4.69, 9.17) is 9.98 Å². The number of nitrogens with one attached hydrogen (secondary N) is 1. The van der Waals surface area contributed by atoms with Crippen LogP contribution in [0.25, 0.3) is 39.0 Å². The van der Waals surface area contributed by atoms with Gasteiger partial charge in [0.2, 0.25) is 0 Å². The maximum atomic E-state index is 5.16. The van der Waals surface area contributed by atoms with E-state index in [2.05, 4.69) is 193 Å². The van der Waals surface area contributed by atoms with Gasteiger partial charge >= 0.3 is 0 Å². The zero-order chi connectivity index (χ0) is 41.0. The number of amidine groups is 2. The molecule has 0 fully saturated rings. The monoisotopic (exact) mass is 811 g/mol. The Hall–Kier alpha value is -7.27. The molecule has 1 atom stereocenters. The van der Waals surface area contributed by atoms with Crippen LogP contribution in [0, 0.1) is 0 Å². The second kappa shape index (κ2) is 15.0. The fourth-order valence-electron chi connectivity index (χ4n) is 10.0. The first-order chi connectivity index (χ1) is 30.7. The maximum Gasteiger partial charge on any atom is 0.159 e. The van der Waals surface area contributed by atoms with Crippen molar-refractivity contribution in [2.24, 2.45) is 9.98 Å². The van der Waals surface area contributed by atoms with Crippen molar-refractivity contribution >= 4 is 29.0 Å².